The fourth-order valence-corrected chi connectivity index (χ4v) is 2.84. The van der Waals surface area contributed by atoms with Gasteiger partial charge < -0.3 is 10.4 Å². The number of benzene rings is 1. The van der Waals surface area contributed by atoms with Crippen LogP contribution in [0.4, 0.5) is 0 Å². The minimum Gasteiger partial charge on any atom is -0.394 e. The Labute approximate surface area is 125 Å². The molecule has 0 saturated carbocycles. The van der Waals surface area contributed by atoms with Crippen LogP contribution in [0.2, 0.25) is 0 Å². The smallest absolute Gasteiger partial charge is 0.0645 e. The van der Waals surface area contributed by atoms with Crippen molar-refractivity contribution in [2.75, 3.05) is 32.8 Å². The molecule has 0 spiro atoms. The van der Waals surface area contributed by atoms with Gasteiger partial charge in [-0.1, -0.05) is 18.2 Å². The molecule has 5 heteroatoms. The molecule has 1 aromatic heterocycles. The zero-order valence-electron chi connectivity index (χ0n) is 12.2. The molecular weight excluding hydrogens is 264 g/mol. The van der Waals surface area contributed by atoms with E-state index in [4.69, 9.17) is 0 Å². The average molecular weight is 286 g/mol. The first-order valence-electron chi connectivity index (χ1n) is 7.54. The Hall–Kier alpha value is -1.69. The number of aliphatic hydroxyl groups excluding tert-OH is 1. The number of aromatic nitrogens is 2. The summed E-state index contributed by atoms with van der Waals surface area (Å²) in [6.07, 6.45) is 5.00. The Bertz CT molecular complexity index is 546. The number of hydrogen-bond donors (Lipinski definition) is 2. The van der Waals surface area contributed by atoms with Crippen LogP contribution >= 0.6 is 0 Å². The molecule has 3 rings (SSSR count). The third-order valence-electron chi connectivity index (χ3n) is 4.00. The van der Waals surface area contributed by atoms with Gasteiger partial charge in [-0.2, -0.15) is 5.10 Å². The van der Waals surface area contributed by atoms with Crippen LogP contribution in [-0.2, 0) is 0 Å². The van der Waals surface area contributed by atoms with Crippen LogP contribution in [-0.4, -0.2) is 52.6 Å². The van der Waals surface area contributed by atoms with Crippen molar-refractivity contribution < 1.29 is 5.11 Å². The van der Waals surface area contributed by atoms with Gasteiger partial charge in [0, 0.05) is 31.4 Å². The van der Waals surface area contributed by atoms with Gasteiger partial charge in [-0.15, -0.1) is 0 Å². The summed E-state index contributed by atoms with van der Waals surface area (Å²) in [5, 5.41) is 17.6. The summed E-state index contributed by atoms with van der Waals surface area (Å²) in [5.41, 5.74) is 2.11. The van der Waals surface area contributed by atoms with Crippen LogP contribution in [0.15, 0.2) is 42.7 Å². The molecule has 0 aliphatic carbocycles. The molecule has 112 valence electrons. The zero-order chi connectivity index (χ0) is 14.5. The zero-order valence-corrected chi connectivity index (χ0v) is 12.2. The van der Waals surface area contributed by atoms with Gasteiger partial charge in [-0.05, 0) is 25.1 Å². The maximum absolute atomic E-state index is 9.80. The molecule has 1 atom stereocenters. The molecule has 1 fully saturated rings. The first-order valence-corrected chi connectivity index (χ1v) is 7.54. The van der Waals surface area contributed by atoms with Gasteiger partial charge in [0.1, 0.15) is 0 Å². The van der Waals surface area contributed by atoms with Crippen molar-refractivity contribution >= 4 is 0 Å². The Morgan fingerprint density at radius 2 is 2.05 bits per heavy atom. The lowest BCUT2D eigenvalue weighted by Gasteiger charge is -2.28. The molecule has 1 aromatic carbocycles. The highest BCUT2D eigenvalue weighted by atomic mass is 16.3. The molecule has 0 amide bonds. The Morgan fingerprint density at radius 1 is 1.19 bits per heavy atom. The maximum atomic E-state index is 9.80. The number of hydrogen-bond acceptors (Lipinski definition) is 4. The predicted molar refractivity (Wildman–Crippen MR) is 82.5 cm³/mol. The standard InChI is InChI=1S/C16H22N4O/c21-13-16(19-9-4-7-17-8-10-19)14-11-18-20(12-14)15-5-2-1-3-6-15/h1-3,5-6,11-12,16-17,21H,4,7-10,13H2. The molecule has 0 bridgehead atoms. The van der Waals surface area contributed by atoms with Crippen LogP contribution in [0, 0.1) is 0 Å². The molecule has 0 radical (unpaired) electrons. The second-order valence-corrected chi connectivity index (χ2v) is 5.39. The van der Waals surface area contributed by atoms with E-state index in [0.29, 0.717) is 0 Å². The lowest BCUT2D eigenvalue weighted by atomic mass is 10.1. The van der Waals surface area contributed by atoms with Crippen molar-refractivity contribution in [1.29, 1.82) is 0 Å². The SMILES string of the molecule is OCC(c1cnn(-c2ccccc2)c1)N1CCCNCC1. The van der Waals surface area contributed by atoms with Crippen LogP contribution < -0.4 is 5.32 Å². The van der Waals surface area contributed by atoms with Crippen molar-refractivity contribution in [2.24, 2.45) is 0 Å². The molecule has 2 heterocycles. The lowest BCUT2D eigenvalue weighted by Crippen LogP contribution is -2.34. The summed E-state index contributed by atoms with van der Waals surface area (Å²) in [7, 11) is 0. The largest absolute Gasteiger partial charge is 0.394 e. The Kier molecular flexibility index (Phi) is 4.65. The minimum atomic E-state index is 0.0300. The van der Waals surface area contributed by atoms with E-state index in [2.05, 4.69) is 15.3 Å². The van der Waals surface area contributed by atoms with E-state index in [-0.39, 0.29) is 12.6 Å². The quantitative estimate of drug-likeness (QED) is 0.887. The fraction of sp³-hybridized carbons (Fsp3) is 0.438. The van der Waals surface area contributed by atoms with E-state index in [1.807, 2.05) is 47.4 Å². The first kappa shape index (κ1) is 14.3. The van der Waals surface area contributed by atoms with E-state index in [1.54, 1.807) is 0 Å². The van der Waals surface area contributed by atoms with E-state index in [0.717, 1.165) is 43.9 Å². The third-order valence-corrected chi connectivity index (χ3v) is 4.00. The number of rotatable bonds is 4. The highest BCUT2D eigenvalue weighted by Gasteiger charge is 2.22. The fourth-order valence-electron chi connectivity index (χ4n) is 2.84. The van der Waals surface area contributed by atoms with E-state index in [9.17, 15) is 5.11 Å². The number of nitrogens with zero attached hydrogens (tertiary/aromatic N) is 3. The van der Waals surface area contributed by atoms with Crippen molar-refractivity contribution in [2.45, 2.75) is 12.5 Å². The minimum absolute atomic E-state index is 0.0300. The van der Waals surface area contributed by atoms with E-state index >= 15 is 0 Å². The van der Waals surface area contributed by atoms with Crippen molar-refractivity contribution in [3.8, 4) is 5.69 Å². The van der Waals surface area contributed by atoms with Gasteiger partial charge in [0.25, 0.3) is 0 Å². The van der Waals surface area contributed by atoms with Crippen molar-refractivity contribution in [3.63, 3.8) is 0 Å². The van der Waals surface area contributed by atoms with E-state index < -0.39 is 0 Å². The molecule has 2 N–H and O–H groups in total. The number of aliphatic hydroxyl groups is 1. The Balaban J connectivity index is 1.79. The normalized spacial score (nSPS) is 18.3. The Morgan fingerprint density at radius 3 is 2.86 bits per heavy atom. The summed E-state index contributed by atoms with van der Waals surface area (Å²) in [6, 6.07) is 10.1. The summed E-state index contributed by atoms with van der Waals surface area (Å²) in [4.78, 5) is 2.34. The molecule has 1 saturated heterocycles. The van der Waals surface area contributed by atoms with Gasteiger partial charge >= 0.3 is 0 Å². The van der Waals surface area contributed by atoms with E-state index in [1.165, 1.54) is 0 Å². The highest BCUT2D eigenvalue weighted by Crippen LogP contribution is 2.21. The first-order chi connectivity index (χ1) is 10.4. The van der Waals surface area contributed by atoms with Crippen molar-refractivity contribution in [3.05, 3.63) is 48.3 Å². The maximum Gasteiger partial charge on any atom is 0.0645 e. The summed E-state index contributed by atoms with van der Waals surface area (Å²) in [5.74, 6) is 0. The van der Waals surface area contributed by atoms with Crippen molar-refractivity contribution in [1.82, 2.24) is 20.0 Å². The number of para-hydroxylation sites is 1. The topological polar surface area (TPSA) is 53.3 Å². The second-order valence-electron chi connectivity index (χ2n) is 5.39. The second kappa shape index (κ2) is 6.85. The third kappa shape index (κ3) is 3.32. The van der Waals surface area contributed by atoms with Crippen LogP contribution in [0.1, 0.15) is 18.0 Å². The van der Waals surface area contributed by atoms with Crippen LogP contribution in [0.5, 0.6) is 0 Å². The van der Waals surface area contributed by atoms with Gasteiger partial charge in [-0.3, -0.25) is 4.90 Å². The summed E-state index contributed by atoms with van der Waals surface area (Å²) < 4.78 is 1.87. The monoisotopic (exact) mass is 286 g/mol. The van der Waals surface area contributed by atoms with Gasteiger partial charge in [0.2, 0.25) is 0 Å². The molecule has 2 aromatic rings. The average Bonchev–Trinajstić information content (AvgIpc) is 2.86. The molecular formula is C16H22N4O. The predicted octanol–water partition coefficient (Wildman–Crippen LogP) is 1.20. The molecule has 1 unspecified atom stereocenters. The highest BCUT2D eigenvalue weighted by molar-refractivity contribution is 5.31. The molecule has 5 nitrogen and oxygen atoms in total. The lowest BCUT2D eigenvalue weighted by molar-refractivity contribution is 0.130. The number of nitrogens with one attached hydrogen (secondary N) is 1. The van der Waals surface area contributed by atoms with Gasteiger partial charge in [0.15, 0.2) is 0 Å². The molecule has 1 aliphatic heterocycles. The van der Waals surface area contributed by atoms with Gasteiger partial charge in [-0.25, -0.2) is 4.68 Å². The molecule has 1 aliphatic rings. The summed E-state index contributed by atoms with van der Waals surface area (Å²) in [6.45, 7) is 4.12. The molecule has 21 heavy (non-hydrogen) atoms. The summed E-state index contributed by atoms with van der Waals surface area (Å²) >= 11 is 0. The van der Waals surface area contributed by atoms with Gasteiger partial charge in [0.05, 0.1) is 24.5 Å². The van der Waals surface area contributed by atoms with Crippen LogP contribution in [0.3, 0.4) is 0 Å². The van der Waals surface area contributed by atoms with Crippen LogP contribution in [0.25, 0.3) is 5.69 Å².